The highest BCUT2D eigenvalue weighted by atomic mass is 15.3. The van der Waals surface area contributed by atoms with Crippen molar-refractivity contribution in [1.82, 2.24) is 14.8 Å². The lowest BCUT2D eigenvalue weighted by atomic mass is 9.77. The quantitative estimate of drug-likeness (QED) is 0.232. The maximum absolute atomic E-state index is 5.46. The molecule has 0 bridgehead atoms. The molecule has 0 aliphatic heterocycles. The van der Waals surface area contributed by atoms with Crippen LogP contribution in [0.4, 0.5) is 5.82 Å². The Balaban J connectivity index is 1.75. The molecule has 0 aliphatic rings. The molecular formula is C34H30N4. The van der Waals surface area contributed by atoms with Crippen LogP contribution in [0.15, 0.2) is 128 Å². The summed E-state index contributed by atoms with van der Waals surface area (Å²) in [6, 6.07) is 42.9. The van der Waals surface area contributed by atoms with Gasteiger partial charge in [0.25, 0.3) is 0 Å². The van der Waals surface area contributed by atoms with Crippen molar-refractivity contribution in [2.45, 2.75) is 19.4 Å². The molecule has 2 heterocycles. The number of fused-ring (bicyclic) bond motifs is 1. The van der Waals surface area contributed by atoms with E-state index in [1.165, 1.54) is 5.56 Å². The van der Waals surface area contributed by atoms with Crippen LogP contribution in [0.3, 0.4) is 0 Å². The Morgan fingerprint density at radius 2 is 1.29 bits per heavy atom. The SMILES string of the molecule is CCNc1cc(-c2nn(C(c3ccccc3)(c3ccccc3)c3ccccc3)c3ccc(C)cc23)ccn1. The van der Waals surface area contributed by atoms with Gasteiger partial charge in [-0.2, -0.15) is 5.10 Å². The summed E-state index contributed by atoms with van der Waals surface area (Å²) < 4.78 is 2.23. The van der Waals surface area contributed by atoms with Crippen molar-refractivity contribution in [2.75, 3.05) is 11.9 Å². The van der Waals surface area contributed by atoms with Crippen LogP contribution in [0.1, 0.15) is 29.2 Å². The highest BCUT2D eigenvalue weighted by Crippen LogP contribution is 2.44. The summed E-state index contributed by atoms with van der Waals surface area (Å²) in [6.07, 6.45) is 1.85. The second-order valence-corrected chi connectivity index (χ2v) is 9.55. The zero-order valence-corrected chi connectivity index (χ0v) is 21.7. The molecule has 0 spiro atoms. The number of aromatic nitrogens is 3. The smallest absolute Gasteiger partial charge is 0.138 e. The Hall–Kier alpha value is -4.70. The molecule has 0 radical (unpaired) electrons. The normalized spacial score (nSPS) is 11.5. The molecule has 4 aromatic carbocycles. The predicted molar refractivity (Wildman–Crippen MR) is 156 cm³/mol. The molecule has 0 fully saturated rings. The summed E-state index contributed by atoms with van der Waals surface area (Å²) in [5, 5.41) is 9.93. The maximum Gasteiger partial charge on any atom is 0.138 e. The van der Waals surface area contributed by atoms with Crippen LogP contribution in [0, 0.1) is 6.92 Å². The monoisotopic (exact) mass is 494 g/mol. The molecule has 6 aromatic rings. The molecule has 0 amide bonds. The summed E-state index contributed by atoms with van der Waals surface area (Å²) in [4.78, 5) is 4.50. The zero-order valence-electron chi connectivity index (χ0n) is 21.7. The van der Waals surface area contributed by atoms with Gasteiger partial charge in [-0.1, -0.05) is 103 Å². The van der Waals surface area contributed by atoms with Gasteiger partial charge >= 0.3 is 0 Å². The Bertz CT molecular complexity index is 1580. The van der Waals surface area contributed by atoms with Gasteiger partial charge in [-0.3, -0.25) is 0 Å². The Morgan fingerprint density at radius 3 is 1.84 bits per heavy atom. The van der Waals surface area contributed by atoms with Crippen LogP contribution in [-0.2, 0) is 5.54 Å². The second kappa shape index (κ2) is 9.98. The summed E-state index contributed by atoms with van der Waals surface area (Å²) in [6.45, 7) is 5.02. The number of aryl methyl sites for hydroxylation is 1. The van der Waals surface area contributed by atoms with Crippen LogP contribution in [0.2, 0.25) is 0 Å². The lowest BCUT2D eigenvalue weighted by Crippen LogP contribution is -2.38. The van der Waals surface area contributed by atoms with E-state index in [2.05, 4.69) is 144 Å². The number of nitrogens with zero attached hydrogens (tertiary/aromatic N) is 3. The molecule has 2 aromatic heterocycles. The van der Waals surface area contributed by atoms with Crippen LogP contribution in [0.5, 0.6) is 0 Å². The number of hydrogen-bond acceptors (Lipinski definition) is 3. The largest absolute Gasteiger partial charge is 0.370 e. The molecule has 0 aliphatic carbocycles. The predicted octanol–water partition coefficient (Wildman–Crippen LogP) is 7.68. The van der Waals surface area contributed by atoms with E-state index < -0.39 is 5.54 Å². The van der Waals surface area contributed by atoms with Crippen molar-refractivity contribution in [2.24, 2.45) is 0 Å². The average molecular weight is 495 g/mol. The van der Waals surface area contributed by atoms with Crippen molar-refractivity contribution in [3.63, 3.8) is 0 Å². The number of hydrogen-bond donors (Lipinski definition) is 1. The van der Waals surface area contributed by atoms with Gasteiger partial charge in [-0.25, -0.2) is 9.67 Å². The van der Waals surface area contributed by atoms with Crippen LogP contribution in [0.25, 0.3) is 22.2 Å². The summed E-state index contributed by atoms with van der Waals surface area (Å²) in [5.74, 6) is 0.848. The van der Waals surface area contributed by atoms with E-state index >= 15 is 0 Å². The molecule has 0 unspecified atom stereocenters. The van der Waals surface area contributed by atoms with Crippen molar-refractivity contribution >= 4 is 16.7 Å². The highest BCUT2D eigenvalue weighted by Gasteiger charge is 2.40. The molecule has 0 saturated carbocycles. The Morgan fingerprint density at radius 1 is 0.711 bits per heavy atom. The Kier molecular flexibility index (Phi) is 6.22. The summed E-state index contributed by atoms with van der Waals surface area (Å²) >= 11 is 0. The van der Waals surface area contributed by atoms with E-state index in [-0.39, 0.29) is 0 Å². The number of pyridine rings is 1. The first-order valence-electron chi connectivity index (χ1n) is 13.1. The minimum atomic E-state index is -0.687. The number of rotatable bonds is 7. The van der Waals surface area contributed by atoms with E-state index in [0.29, 0.717) is 0 Å². The molecule has 1 N–H and O–H groups in total. The molecule has 4 heteroatoms. The third-order valence-corrected chi connectivity index (χ3v) is 7.12. The average Bonchev–Trinajstić information content (AvgIpc) is 3.34. The van der Waals surface area contributed by atoms with E-state index in [4.69, 9.17) is 5.10 Å². The zero-order chi connectivity index (χ0) is 26.0. The van der Waals surface area contributed by atoms with Gasteiger partial charge in [-0.15, -0.1) is 0 Å². The highest BCUT2D eigenvalue weighted by molar-refractivity contribution is 5.94. The van der Waals surface area contributed by atoms with Crippen LogP contribution in [-0.4, -0.2) is 21.3 Å². The summed E-state index contributed by atoms with van der Waals surface area (Å²) in [5.41, 5.74) is 7.01. The summed E-state index contributed by atoms with van der Waals surface area (Å²) in [7, 11) is 0. The van der Waals surface area contributed by atoms with Crippen molar-refractivity contribution in [1.29, 1.82) is 0 Å². The number of anilines is 1. The van der Waals surface area contributed by atoms with Crippen molar-refractivity contribution in [3.05, 3.63) is 150 Å². The molecular weight excluding hydrogens is 464 g/mol. The number of nitrogens with one attached hydrogen (secondary N) is 1. The van der Waals surface area contributed by atoms with Crippen LogP contribution >= 0.6 is 0 Å². The first-order chi connectivity index (χ1) is 18.7. The Labute approximate surface area is 223 Å². The molecule has 4 nitrogen and oxygen atoms in total. The fourth-order valence-corrected chi connectivity index (χ4v) is 5.46. The number of benzene rings is 4. The van der Waals surface area contributed by atoms with E-state index in [1.54, 1.807) is 0 Å². The molecule has 38 heavy (non-hydrogen) atoms. The van der Waals surface area contributed by atoms with Gasteiger partial charge in [0.05, 0.1) is 5.52 Å². The lowest BCUT2D eigenvalue weighted by molar-refractivity contribution is 0.477. The fraction of sp³-hybridized carbons (Fsp3) is 0.118. The van der Waals surface area contributed by atoms with Gasteiger partial charge < -0.3 is 5.32 Å². The topological polar surface area (TPSA) is 42.7 Å². The first kappa shape index (κ1) is 23.7. The third kappa shape index (κ3) is 3.95. The van der Waals surface area contributed by atoms with Gasteiger partial charge in [0.15, 0.2) is 0 Å². The fourth-order valence-electron chi connectivity index (χ4n) is 5.46. The minimum absolute atomic E-state index is 0.687. The standard InChI is InChI=1S/C34H30N4/c1-3-35-32-24-26(21-22-36-32)33-30-23-25(2)19-20-31(30)38(37-33)34(27-13-7-4-8-14-27,28-15-9-5-10-16-28)29-17-11-6-12-18-29/h4-24H,3H2,1-2H3,(H,35,36). The lowest BCUT2D eigenvalue weighted by Gasteiger charge is -2.37. The minimum Gasteiger partial charge on any atom is -0.370 e. The van der Waals surface area contributed by atoms with Gasteiger partial charge in [-0.05, 0) is 54.8 Å². The van der Waals surface area contributed by atoms with Gasteiger partial charge in [0, 0.05) is 23.7 Å². The van der Waals surface area contributed by atoms with E-state index in [9.17, 15) is 0 Å². The molecule has 6 rings (SSSR count). The molecule has 186 valence electrons. The molecule has 0 saturated heterocycles. The molecule has 0 atom stereocenters. The van der Waals surface area contributed by atoms with Crippen molar-refractivity contribution in [3.8, 4) is 11.3 Å². The second-order valence-electron chi connectivity index (χ2n) is 9.55. The van der Waals surface area contributed by atoms with E-state index in [1.807, 2.05) is 12.3 Å². The van der Waals surface area contributed by atoms with Gasteiger partial charge in [0.1, 0.15) is 17.1 Å². The van der Waals surface area contributed by atoms with Crippen molar-refractivity contribution < 1.29 is 0 Å². The third-order valence-electron chi connectivity index (χ3n) is 7.12. The van der Waals surface area contributed by atoms with Gasteiger partial charge in [0.2, 0.25) is 0 Å². The van der Waals surface area contributed by atoms with E-state index in [0.717, 1.165) is 51.2 Å². The maximum atomic E-state index is 5.46. The first-order valence-corrected chi connectivity index (χ1v) is 13.1. The van der Waals surface area contributed by atoms with Crippen LogP contribution < -0.4 is 5.32 Å².